The second-order valence-electron chi connectivity index (χ2n) is 7.10. The maximum absolute atomic E-state index is 13.8. The van der Waals surface area contributed by atoms with Crippen molar-refractivity contribution in [3.8, 4) is 0 Å². The van der Waals surface area contributed by atoms with Crippen LogP contribution in [-0.2, 0) is 16.6 Å². The molecule has 0 amide bonds. The SMILES string of the molecule is CC(C)c1ccc(S(=O)(=O)N2CCN(Cc3c(F)cccc3F)CC2)cc1. The third kappa shape index (κ3) is 4.36. The zero-order valence-corrected chi connectivity index (χ0v) is 16.3. The average Bonchev–Trinajstić information content (AvgIpc) is 2.65. The largest absolute Gasteiger partial charge is 0.296 e. The molecule has 2 aromatic carbocycles. The summed E-state index contributed by atoms with van der Waals surface area (Å²) >= 11 is 0. The van der Waals surface area contributed by atoms with Crippen molar-refractivity contribution in [1.29, 1.82) is 0 Å². The molecule has 146 valence electrons. The number of halogens is 2. The molecule has 1 fully saturated rings. The summed E-state index contributed by atoms with van der Waals surface area (Å²) in [7, 11) is -3.56. The Labute approximate surface area is 159 Å². The van der Waals surface area contributed by atoms with Crippen LogP contribution in [-0.4, -0.2) is 43.8 Å². The highest BCUT2D eigenvalue weighted by atomic mass is 32.2. The smallest absolute Gasteiger partial charge is 0.243 e. The number of hydrogen-bond donors (Lipinski definition) is 0. The van der Waals surface area contributed by atoms with Gasteiger partial charge >= 0.3 is 0 Å². The minimum atomic E-state index is -3.56. The van der Waals surface area contributed by atoms with Gasteiger partial charge < -0.3 is 0 Å². The summed E-state index contributed by atoms with van der Waals surface area (Å²) in [6, 6.07) is 10.8. The molecule has 0 radical (unpaired) electrons. The zero-order valence-electron chi connectivity index (χ0n) is 15.5. The summed E-state index contributed by atoms with van der Waals surface area (Å²) in [6.45, 7) is 5.70. The molecule has 0 aliphatic carbocycles. The van der Waals surface area contributed by atoms with Gasteiger partial charge in [0.1, 0.15) is 11.6 Å². The first kappa shape index (κ1) is 19.9. The molecule has 1 heterocycles. The van der Waals surface area contributed by atoms with Crippen molar-refractivity contribution in [2.24, 2.45) is 0 Å². The second-order valence-corrected chi connectivity index (χ2v) is 9.04. The van der Waals surface area contributed by atoms with Crippen molar-refractivity contribution in [3.63, 3.8) is 0 Å². The molecule has 2 aromatic rings. The Morgan fingerprint density at radius 3 is 2.00 bits per heavy atom. The summed E-state index contributed by atoms with van der Waals surface area (Å²) in [4.78, 5) is 2.15. The number of hydrogen-bond acceptors (Lipinski definition) is 3. The van der Waals surface area contributed by atoms with Gasteiger partial charge in [-0.25, -0.2) is 17.2 Å². The fraction of sp³-hybridized carbons (Fsp3) is 0.400. The minimum absolute atomic E-state index is 0.0260. The number of sulfonamides is 1. The number of benzene rings is 2. The first-order chi connectivity index (χ1) is 12.8. The van der Waals surface area contributed by atoms with Gasteiger partial charge in [-0.05, 0) is 35.7 Å². The van der Waals surface area contributed by atoms with E-state index in [1.165, 1.54) is 22.5 Å². The Hall–Kier alpha value is -1.83. The predicted molar refractivity (Wildman–Crippen MR) is 101 cm³/mol. The molecule has 27 heavy (non-hydrogen) atoms. The fourth-order valence-electron chi connectivity index (χ4n) is 3.21. The molecule has 0 N–H and O–H groups in total. The van der Waals surface area contributed by atoms with Gasteiger partial charge in [-0.1, -0.05) is 32.0 Å². The van der Waals surface area contributed by atoms with Crippen LogP contribution in [0.15, 0.2) is 47.4 Å². The van der Waals surface area contributed by atoms with E-state index >= 15 is 0 Å². The van der Waals surface area contributed by atoms with Crippen LogP contribution < -0.4 is 0 Å². The third-order valence-corrected chi connectivity index (χ3v) is 6.87. The van der Waals surface area contributed by atoms with Crippen molar-refractivity contribution in [2.75, 3.05) is 26.2 Å². The van der Waals surface area contributed by atoms with Crippen LogP contribution >= 0.6 is 0 Å². The summed E-state index contributed by atoms with van der Waals surface area (Å²) in [5.74, 6) is -0.810. The van der Waals surface area contributed by atoms with E-state index in [0.29, 0.717) is 32.1 Å². The molecule has 0 saturated carbocycles. The van der Waals surface area contributed by atoms with Gasteiger partial charge in [0.2, 0.25) is 10.0 Å². The van der Waals surface area contributed by atoms with Crippen molar-refractivity contribution in [2.45, 2.75) is 31.2 Å². The van der Waals surface area contributed by atoms with E-state index in [1.807, 2.05) is 17.0 Å². The third-order valence-electron chi connectivity index (χ3n) is 4.96. The zero-order chi connectivity index (χ0) is 19.6. The summed E-state index contributed by atoms with van der Waals surface area (Å²) in [5.41, 5.74) is 1.11. The monoisotopic (exact) mass is 394 g/mol. The summed E-state index contributed by atoms with van der Waals surface area (Å²) in [6.07, 6.45) is 0. The number of piperazine rings is 1. The first-order valence-corrected chi connectivity index (χ1v) is 10.5. The maximum atomic E-state index is 13.8. The van der Waals surface area contributed by atoms with Crippen molar-refractivity contribution >= 4 is 10.0 Å². The molecule has 0 bridgehead atoms. The fourth-order valence-corrected chi connectivity index (χ4v) is 4.63. The highest BCUT2D eigenvalue weighted by molar-refractivity contribution is 7.89. The van der Waals surface area contributed by atoms with Gasteiger partial charge in [0.05, 0.1) is 4.90 Å². The lowest BCUT2D eigenvalue weighted by Crippen LogP contribution is -2.48. The highest BCUT2D eigenvalue weighted by Crippen LogP contribution is 2.22. The maximum Gasteiger partial charge on any atom is 0.243 e. The lowest BCUT2D eigenvalue weighted by atomic mass is 10.0. The molecular formula is C20H24F2N2O2S. The Bertz CT molecular complexity index is 870. The highest BCUT2D eigenvalue weighted by Gasteiger charge is 2.29. The molecule has 1 aliphatic rings. The quantitative estimate of drug-likeness (QED) is 0.778. The molecule has 1 aliphatic heterocycles. The molecule has 0 spiro atoms. The Balaban J connectivity index is 1.66. The standard InChI is InChI=1S/C20H24F2N2O2S/c1-15(2)16-6-8-17(9-7-16)27(25,26)24-12-10-23(11-13-24)14-18-19(21)4-3-5-20(18)22/h3-9,15H,10-14H2,1-2H3. The van der Waals surface area contributed by atoms with E-state index < -0.39 is 21.7 Å². The van der Waals surface area contributed by atoms with E-state index in [2.05, 4.69) is 13.8 Å². The number of rotatable bonds is 5. The first-order valence-electron chi connectivity index (χ1n) is 9.04. The minimum Gasteiger partial charge on any atom is -0.296 e. The van der Waals surface area contributed by atoms with E-state index in [9.17, 15) is 17.2 Å². The Kier molecular flexibility index (Phi) is 5.93. The molecular weight excluding hydrogens is 370 g/mol. The van der Waals surface area contributed by atoms with Crippen LogP contribution in [0.25, 0.3) is 0 Å². The van der Waals surface area contributed by atoms with Gasteiger partial charge in [-0.3, -0.25) is 4.90 Å². The van der Waals surface area contributed by atoms with Crippen LogP contribution in [0.3, 0.4) is 0 Å². The lowest BCUT2D eigenvalue weighted by Gasteiger charge is -2.34. The lowest BCUT2D eigenvalue weighted by molar-refractivity contribution is 0.178. The average molecular weight is 394 g/mol. The predicted octanol–water partition coefficient (Wildman–Crippen LogP) is 3.59. The van der Waals surface area contributed by atoms with Gasteiger partial charge in [-0.2, -0.15) is 4.31 Å². The van der Waals surface area contributed by atoms with Crippen molar-refractivity contribution in [3.05, 3.63) is 65.2 Å². The van der Waals surface area contributed by atoms with E-state index in [0.717, 1.165) is 5.56 Å². The summed E-state index contributed by atoms with van der Waals surface area (Å²) in [5, 5.41) is 0. The van der Waals surface area contributed by atoms with Gasteiger partial charge in [-0.15, -0.1) is 0 Å². The van der Waals surface area contributed by atoms with Crippen LogP contribution in [0.2, 0.25) is 0 Å². The molecule has 0 atom stereocenters. The second kappa shape index (κ2) is 8.04. The van der Waals surface area contributed by atoms with Crippen molar-refractivity contribution < 1.29 is 17.2 Å². The van der Waals surface area contributed by atoms with E-state index in [4.69, 9.17) is 0 Å². The van der Waals surface area contributed by atoms with Crippen LogP contribution in [0.4, 0.5) is 8.78 Å². The van der Waals surface area contributed by atoms with Gasteiger partial charge in [0, 0.05) is 38.3 Å². The van der Waals surface area contributed by atoms with Crippen LogP contribution in [0.1, 0.15) is 30.9 Å². The molecule has 4 nitrogen and oxygen atoms in total. The Morgan fingerprint density at radius 1 is 0.926 bits per heavy atom. The molecule has 0 aromatic heterocycles. The topological polar surface area (TPSA) is 40.6 Å². The van der Waals surface area contributed by atoms with Crippen LogP contribution in [0, 0.1) is 11.6 Å². The molecule has 3 rings (SSSR count). The molecule has 1 saturated heterocycles. The number of nitrogens with zero attached hydrogens (tertiary/aromatic N) is 2. The van der Waals surface area contributed by atoms with Crippen LogP contribution in [0.5, 0.6) is 0 Å². The Morgan fingerprint density at radius 2 is 1.48 bits per heavy atom. The van der Waals surface area contributed by atoms with Crippen molar-refractivity contribution in [1.82, 2.24) is 9.21 Å². The molecule has 7 heteroatoms. The molecule has 0 unspecified atom stereocenters. The van der Waals surface area contributed by atoms with E-state index in [-0.39, 0.29) is 17.0 Å². The van der Waals surface area contributed by atoms with Gasteiger partial charge in [0.25, 0.3) is 0 Å². The normalized spacial score (nSPS) is 16.8. The summed E-state index contributed by atoms with van der Waals surface area (Å²) < 4.78 is 54.7. The van der Waals surface area contributed by atoms with Gasteiger partial charge in [0.15, 0.2) is 0 Å². The van der Waals surface area contributed by atoms with E-state index in [1.54, 1.807) is 12.1 Å².